The van der Waals surface area contributed by atoms with Gasteiger partial charge in [-0.25, -0.2) is 8.78 Å². The number of likely N-dealkylation sites (tertiary alicyclic amines) is 1. The Morgan fingerprint density at radius 1 is 1.09 bits per heavy atom. The maximum absolute atomic E-state index is 13.5. The van der Waals surface area contributed by atoms with Crippen molar-refractivity contribution >= 4 is 5.97 Å². The van der Waals surface area contributed by atoms with Crippen LogP contribution in [-0.4, -0.2) is 45.1 Å². The Balaban J connectivity index is 1.22. The number of nitrogens with zero attached hydrogens (tertiary/aromatic N) is 3. The van der Waals surface area contributed by atoms with Gasteiger partial charge in [-0.05, 0) is 35.6 Å². The lowest BCUT2D eigenvalue weighted by Crippen LogP contribution is -2.49. The highest BCUT2D eigenvalue weighted by atomic mass is 19.3. The molecule has 2 heterocycles. The Bertz CT molecular complexity index is 1110. The molecule has 0 unspecified atom stereocenters. The van der Waals surface area contributed by atoms with Crippen molar-refractivity contribution in [1.29, 1.82) is 0 Å². The van der Waals surface area contributed by atoms with Crippen molar-refractivity contribution in [2.45, 2.75) is 37.6 Å². The standard InChI is InChI=1S/C24H23F2N3O3/c25-24(26)10-9-19(11-24)16-5-7-18(8-6-16)22-27-21(28-32-22)17-3-1-15(2-4-17)12-29-13-20(14-29)23(30)31/h1-8,19-20H,9-14H2,(H,30,31)/t19-/m1/s1. The van der Waals surface area contributed by atoms with Gasteiger partial charge < -0.3 is 9.63 Å². The summed E-state index contributed by atoms with van der Waals surface area (Å²) in [6.45, 7) is 1.86. The van der Waals surface area contributed by atoms with E-state index in [4.69, 9.17) is 9.63 Å². The summed E-state index contributed by atoms with van der Waals surface area (Å²) in [6.07, 6.45) is 0.363. The molecule has 32 heavy (non-hydrogen) atoms. The number of carboxylic acid groups (broad SMARTS) is 1. The zero-order valence-electron chi connectivity index (χ0n) is 17.4. The third kappa shape index (κ3) is 4.27. The average Bonchev–Trinajstić information content (AvgIpc) is 3.37. The minimum atomic E-state index is -2.56. The molecule has 1 aliphatic carbocycles. The number of hydrogen-bond acceptors (Lipinski definition) is 5. The molecule has 1 atom stereocenters. The largest absolute Gasteiger partial charge is 0.481 e. The van der Waals surface area contributed by atoms with E-state index in [1.807, 2.05) is 48.5 Å². The number of halogens is 2. The van der Waals surface area contributed by atoms with E-state index in [2.05, 4.69) is 15.0 Å². The number of benzene rings is 2. The molecule has 0 amide bonds. The molecule has 3 aromatic rings. The lowest BCUT2D eigenvalue weighted by Gasteiger charge is -2.36. The predicted octanol–water partition coefficient (Wildman–Crippen LogP) is 4.82. The summed E-state index contributed by atoms with van der Waals surface area (Å²) in [5.41, 5.74) is 3.58. The SMILES string of the molecule is O=C(O)C1CN(Cc2ccc(-c3noc(-c4ccc([C@@H]5CCC(F)(F)C5)cc4)n3)cc2)C1. The van der Waals surface area contributed by atoms with Gasteiger partial charge in [0.25, 0.3) is 5.89 Å². The van der Waals surface area contributed by atoms with Crippen molar-refractivity contribution in [3.05, 3.63) is 59.7 Å². The van der Waals surface area contributed by atoms with E-state index < -0.39 is 11.9 Å². The summed E-state index contributed by atoms with van der Waals surface area (Å²) in [5, 5.41) is 13.0. The molecule has 0 radical (unpaired) electrons. The molecule has 166 valence electrons. The number of carboxylic acids is 1. The zero-order valence-corrected chi connectivity index (χ0v) is 17.4. The molecule has 1 saturated carbocycles. The fraction of sp³-hybridized carbons (Fsp3) is 0.375. The van der Waals surface area contributed by atoms with E-state index in [-0.39, 0.29) is 24.7 Å². The van der Waals surface area contributed by atoms with E-state index in [1.165, 1.54) is 0 Å². The third-order valence-electron chi connectivity index (χ3n) is 6.38. The fourth-order valence-electron chi connectivity index (χ4n) is 4.46. The third-order valence-corrected chi connectivity index (χ3v) is 6.38. The summed E-state index contributed by atoms with van der Waals surface area (Å²) in [5.74, 6) is -2.81. The Kier molecular flexibility index (Phi) is 5.25. The first-order valence-corrected chi connectivity index (χ1v) is 10.7. The van der Waals surface area contributed by atoms with Crippen molar-refractivity contribution in [1.82, 2.24) is 15.0 Å². The molecule has 1 aliphatic heterocycles. The first-order valence-electron chi connectivity index (χ1n) is 10.7. The van der Waals surface area contributed by atoms with E-state index in [0.29, 0.717) is 37.8 Å². The molecule has 1 aromatic heterocycles. The molecule has 0 spiro atoms. The van der Waals surface area contributed by atoms with Gasteiger partial charge in [0.1, 0.15) is 0 Å². The molecular weight excluding hydrogens is 416 g/mol. The maximum atomic E-state index is 13.5. The molecule has 1 saturated heterocycles. The second-order valence-corrected chi connectivity index (χ2v) is 8.77. The summed E-state index contributed by atoms with van der Waals surface area (Å²) < 4.78 is 32.4. The van der Waals surface area contributed by atoms with Crippen LogP contribution < -0.4 is 0 Å². The van der Waals surface area contributed by atoms with E-state index in [1.54, 1.807) is 0 Å². The van der Waals surface area contributed by atoms with Crippen molar-refractivity contribution < 1.29 is 23.2 Å². The van der Waals surface area contributed by atoms with Crippen LogP contribution in [0.25, 0.3) is 22.8 Å². The van der Waals surface area contributed by atoms with Gasteiger partial charge in [0.2, 0.25) is 11.7 Å². The van der Waals surface area contributed by atoms with Crippen molar-refractivity contribution in [3.8, 4) is 22.8 Å². The fourth-order valence-corrected chi connectivity index (χ4v) is 4.46. The first-order chi connectivity index (χ1) is 15.4. The number of carbonyl (C=O) groups is 1. The summed E-state index contributed by atoms with van der Waals surface area (Å²) in [6, 6.07) is 15.2. The zero-order chi connectivity index (χ0) is 22.3. The van der Waals surface area contributed by atoms with Crippen molar-refractivity contribution in [2.75, 3.05) is 13.1 Å². The summed E-state index contributed by atoms with van der Waals surface area (Å²) >= 11 is 0. The number of rotatable bonds is 6. The monoisotopic (exact) mass is 439 g/mol. The van der Waals surface area contributed by atoms with E-state index >= 15 is 0 Å². The van der Waals surface area contributed by atoms with Crippen LogP contribution >= 0.6 is 0 Å². The van der Waals surface area contributed by atoms with Gasteiger partial charge in [-0.1, -0.05) is 41.6 Å². The quantitative estimate of drug-likeness (QED) is 0.593. The molecule has 0 bridgehead atoms. The average molecular weight is 439 g/mol. The number of alkyl halides is 2. The summed E-state index contributed by atoms with van der Waals surface area (Å²) in [4.78, 5) is 17.5. The molecule has 8 heteroatoms. The van der Waals surface area contributed by atoms with Gasteiger partial charge in [0.15, 0.2) is 0 Å². The molecule has 6 nitrogen and oxygen atoms in total. The van der Waals surface area contributed by atoms with Crippen LogP contribution in [0.3, 0.4) is 0 Å². The van der Waals surface area contributed by atoms with Crippen LogP contribution in [0.1, 0.15) is 36.3 Å². The Labute approximate surface area is 183 Å². The molecule has 2 aliphatic rings. The van der Waals surface area contributed by atoms with E-state index in [0.717, 1.165) is 22.3 Å². The van der Waals surface area contributed by atoms with Gasteiger partial charge in [0.05, 0.1) is 5.92 Å². The van der Waals surface area contributed by atoms with Crippen molar-refractivity contribution in [3.63, 3.8) is 0 Å². The minimum absolute atomic E-state index is 0.0495. The molecule has 1 N–H and O–H groups in total. The Morgan fingerprint density at radius 3 is 2.41 bits per heavy atom. The number of aromatic nitrogens is 2. The number of aliphatic carboxylic acids is 1. The normalized spacial score (nSPS) is 20.9. The van der Waals surface area contributed by atoms with Crippen molar-refractivity contribution in [2.24, 2.45) is 5.92 Å². The van der Waals surface area contributed by atoms with Crippen LogP contribution in [0.5, 0.6) is 0 Å². The highest BCUT2D eigenvalue weighted by Gasteiger charge is 2.39. The van der Waals surface area contributed by atoms with Crippen LogP contribution in [0, 0.1) is 5.92 Å². The van der Waals surface area contributed by atoms with Crippen LogP contribution in [0.4, 0.5) is 8.78 Å². The molecule has 2 aromatic carbocycles. The summed E-state index contributed by atoms with van der Waals surface area (Å²) in [7, 11) is 0. The second kappa shape index (κ2) is 8.09. The van der Waals surface area contributed by atoms with Crippen LogP contribution in [-0.2, 0) is 11.3 Å². The van der Waals surface area contributed by atoms with Gasteiger partial charge in [0, 0.05) is 43.6 Å². The molecular formula is C24H23F2N3O3. The van der Waals surface area contributed by atoms with Gasteiger partial charge in [-0.3, -0.25) is 9.69 Å². The van der Waals surface area contributed by atoms with Crippen LogP contribution in [0.15, 0.2) is 53.1 Å². The Hall–Kier alpha value is -3.13. The molecule has 2 fully saturated rings. The number of hydrogen-bond donors (Lipinski definition) is 1. The topological polar surface area (TPSA) is 79.5 Å². The van der Waals surface area contributed by atoms with Gasteiger partial charge in [-0.2, -0.15) is 4.98 Å². The Morgan fingerprint density at radius 2 is 1.78 bits per heavy atom. The minimum Gasteiger partial charge on any atom is -0.481 e. The highest BCUT2D eigenvalue weighted by molar-refractivity contribution is 5.71. The lowest BCUT2D eigenvalue weighted by atomic mass is 9.96. The highest BCUT2D eigenvalue weighted by Crippen LogP contribution is 2.44. The first kappa shape index (κ1) is 20.8. The van der Waals surface area contributed by atoms with Crippen LogP contribution in [0.2, 0.25) is 0 Å². The van der Waals surface area contributed by atoms with E-state index in [9.17, 15) is 13.6 Å². The molecule has 5 rings (SSSR count). The van der Waals surface area contributed by atoms with Gasteiger partial charge in [-0.15, -0.1) is 0 Å². The lowest BCUT2D eigenvalue weighted by molar-refractivity contribution is -0.147. The second-order valence-electron chi connectivity index (χ2n) is 8.77. The maximum Gasteiger partial charge on any atom is 0.309 e. The smallest absolute Gasteiger partial charge is 0.309 e. The predicted molar refractivity (Wildman–Crippen MR) is 113 cm³/mol. The van der Waals surface area contributed by atoms with Gasteiger partial charge >= 0.3 is 5.97 Å².